The summed E-state index contributed by atoms with van der Waals surface area (Å²) in [4.78, 5) is 13.5. The third kappa shape index (κ3) is 5.16. The first-order valence-electron chi connectivity index (χ1n) is 9.29. The number of thiophene rings is 1. The molecule has 25 heavy (non-hydrogen) atoms. The summed E-state index contributed by atoms with van der Waals surface area (Å²) in [5.41, 5.74) is 1.34. The van der Waals surface area contributed by atoms with E-state index in [-0.39, 0.29) is 11.4 Å². The minimum absolute atomic E-state index is 0.0356. The molecule has 1 aromatic carbocycles. The Labute approximate surface area is 154 Å². The zero-order valence-corrected chi connectivity index (χ0v) is 15.8. The highest BCUT2D eigenvalue weighted by Crippen LogP contribution is 2.31. The van der Waals surface area contributed by atoms with Gasteiger partial charge in [0.15, 0.2) is 0 Å². The summed E-state index contributed by atoms with van der Waals surface area (Å²) in [6, 6.07) is 15.0. The van der Waals surface area contributed by atoms with Gasteiger partial charge in [0, 0.05) is 29.4 Å². The Kier molecular flexibility index (Phi) is 6.27. The van der Waals surface area contributed by atoms with Crippen molar-refractivity contribution in [3.63, 3.8) is 0 Å². The quantitative estimate of drug-likeness (QED) is 0.733. The molecule has 0 bridgehead atoms. The Morgan fingerprint density at radius 3 is 2.60 bits per heavy atom. The van der Waals surface area contributed by atoms with E-state index in [2.05, 4.69) is 59.3 Å². The Morgan fingerprint density at radius 1 is 1.16 bits per heavy atom. The van der Waals surface area contributed by atoms with Crippen molar-refractivity contribution in [1.29, 1.82) is 0 Å². The lowest BCUT2D eigenvalue weighted by Gasteiger charge is -2.34. The summed E-state index contributed by atoms with van der Waals surface area (Å²) in [5, 5.41) is 9.07. The lowest BCUT2D eigenvalue weighted by atomic mass is 9.94. The molecule has 2 N–H and O–H groups in total. The maximum Gasteiger partial charge on any atom is 0.220 e. The molecule has 1 atom stereocenters. The molecule has 3 rings (SSSR count). The smallest absolute Gasteiger partial charge is 0.220 e. The van der Waals surface area contributed by atoms with Gasteiger partial charge in [-0.15, -0.1) is 11.3 Å². The van der Waals surface area contributed by atoms with Gasteiger partial charge in [-0.05, 0) is 43.2 Å². The Hall–Kier alpha value is -1.65. The van der Waals surface area contributed by atoms with Gasteiger partial charge in [0.1, 0.15) is 0 Å². The van der Waals surface area contributed by atoms with Crippen LogP contribution in [-0.2, 0) is 11.2 Å². The van der Waals surface area contributed by atoms with Gasteiger partial charge < -0.3 is 10.6 Å². The standard InChI is InChI=1S/C21H28N2OS/c1-17(18-8-3-2-4-9-18)23-21(13-5-6-14-21)16-22-20(24)12-11-19-10-7-15-25-19/h2-4,7-10,15,17,23H,5-6,11-14,16H2,1H3,(H,22,24). The van der Waals surface area contributed by atoms with Crippen LogP contribution in [0.5, 0.6) is 0 Å². The molecule has 1 unspecified atom stereocenters. The molecule has 0 aliphatic heterocycles. The molecule has 4 heteroatoms. The second-order valence-electron chi connectivity index (χ2n) is 7.12. The molecule has 0 radical (unpaired) electrons. The maximum absolute atomic E-state index is 12.3. The summed E-state index contributed by atoms with van der Waals surface area (Å²) in [6.45, 7) is 2.95. The Bertz CT molecular complexity index is 648. The van der Waals surface area contributed by atoms with E-state index >= 15 is 0 Å². The molecule has 1 aliphatic rings. The Morgan fingerprint density at radius 2 is 1.92 bits per heavy atom. The van der Waals surface area contributed by atoms with Gasteiger partial charge >= 0.3 is 0 Å². The van der Waals surface area contributed by atoms with Crippen molar-refractivity contribution < 1.29 is 4.79 Å². The molecule has 134 valence electrons. The highest BCUT2D eigenvalue weighted by molar-refractivity contribution is 7.09. The lowest BCUT2D eigenvalue weighted by molar-refractivity contribution is -0.121. The molecule has 3 nitrogen and oxygen atoms in total. The second-order valence-corrected chi connectivity index (χ2v) is 8.15. The van der Waals surface area contributed by atoms with Crippen molar-refractivity contribution in [2.24, 2.45) is 0 Å². The van der Waals surface area contributed by atoms with Gasteiger partial charge in [-0.3, -0.25) is 4.79 Å². The van der Waals surface area contributed by atoms with Crippen molar-refractivity contribution in [2.75, 3.05) is 6.54 Å². The zero-order valence-electron chi connectivity index (χ0n) is 15.0. The molecule has 0 saturated heterocycles. The van der Waals surface area contributed by atoms with Crippen LogP contribution in [0.15, 0.2) is 47.8 Å². The summed E-state index contributed by atoms with van der Waals surface area (Å²) >= 11 is 1.72. The summed E-state index contributed by atoms with van der Waals surface area (Å²) in [6.07, 6.45) is 6.15. The van der Waals surface area contributed by atoms with E-state index in [0.717, 1.165) is 25.8 Å². The number of rotatable bonds is 8. The van der Waals surface area contributed by atoms with E-state index in [4.69, 9.17) is 0 Å². The van der Waals surface area contributed by atoms with E-state index in [1.807, 2.05) is 6.07 Å². The van der Waals surface area contributed by atoms with Gasteiger partial charge in [-0.25, -0.2) is 0 Å². The molecule has 1 aliphatic carbocycles. The molecular weight excluding hydrogens is 328 g/mol. The van der Waals surface area contributed by atoms with Gasteiger partial charge in [-0.1, -0.05) is 49.2 Å². The van der Waals surface area contributed by atoms with E-state index in [9.17, 15) is 4.79 Å². The number of aryl methyl sites for hydroxylation is 1. The average molecular weight is 357 g/mol. The fourth-order valence-electron chi connectivity index (χ4n) is 3.76. The van der Waals surface area contributed by atoms with Crippen LogP contribution in [-0.4, -0.2) is 18.0 Å². The number of hydrogen-bond acceptors (Lipinski definition) is 3. The number of hydrogen-bond donors (Lipinski definition) is 2. The van der Waals surface area contributed by atoms with Crippen LogP contribution in [0.2, 0.25) is 0 Å². The molecular formula is C21H28N2OS. The molecule has 1 aromatic heterocycles. The third-order valence-corrected chi connectivity index (χ3v) is 6.12. The van der Waals surface area contributed by atoms with Crippen LogP contribution in [0, 0.1) is 0 Å². The number of carbonyl (C=O) groups is 1. The fourth-order valence-corrected chi connectivity index (χ4v) is 4.46. The number of carbonyl (C=O) groups excluding carboxylic acids is 1. The van der Waals surface area contributed by atoms with Gasteiger partial charge in [0.25, 0.3) is 0 Å². The summed E-state index contributed by atoms with van der Waals surface area (Å²) in [7, 11) is 0. The average Bonchev–Trinajstić information content (AvgIpc) is 3.31. The minimum atomic E-state index is 0.0356. The maximum atomic E-state index is 12.3. The second kappa shape index (κ2) is 8.63. The van der Waals surface area contributed by atoms with Crippen molar-refractivity contribution in [2.45, 2.75) is 57.0 Å². The van der Waals surface area contributed by atoms with Crippen molar-refractivity contribution in [3.8, 4) is 0 Å². The van der Waals surface area contributed by atoms with Crippen LogP contribution >= 0.6 is 11.3 Å². The lowest BCUT2D eigenvalue weighted by Crippen LogP contribution is -2.52. The molecule has 1 fully saturated rings. The number of nitrogens with one attached hydrogen (secondary N) is 2. The van der Waals surface area contributed by atoms with Crippen LogP contribution in [0.1, 0.15) is 55.5 Å². The fraction of sp³-hybridized carbons (Fsp3) is 0.476. The molecule has 1 amide bonds. The SMILES string of the molecule is CC(NC1(CNC(=O)CCc2cccs2)CCCC1)c1ccccc1. The third-order valence-electron chi connectivity index (χ3n) is 5.19. The van der Waals surface area contributed by atoms with Gasteiger partial charge in [0.05, 0.1) is 0 Å². The zero-order chi connectivity index (χ0) is 17.5. The summed E-state index contributed by atoms with van der Waals surface area (Å²) < 4.78 is 0. The van der Waals surface area contributed by atoms with E-state index < -0.39 is 0 Å². The molecule has 1 saturated carbocycles. The van der Waals surface area contributed by atoms with Crippen LogP contribution in [0.3, 0.4) is 0 Å². The van der Waals surface area contributed by atoms with Crippen LogP contribution in [0.4, 0.5) is 0 Å². The van der Waals surface area contributed by atoms with E-state index in [0.29, 0.717) is 12.5 Å². The molecule has 0 spiro atoms. The predicted octanol–water partition coefficient (Wildman–Crippen LogP) is 4.46. The van der Waals surface area contributed by atoms with Crippen LogP contribution < -0.4 is 10.6 Å². The first-order chi connectivity index (χ1) is 12.2. The Balaban J connectivity index is 1.52. The highest BCUT2D eigenvalue weighted by Gasteiger charge is 2.35. The van der Waals surface area contributed by atoms with Gasteiger partial charge in [-0.2, -0.15) is 0 Å². The molecule has 1 heterocycles. The van der Waals surface area contributed by atoms with E-state index in [1.54, 1.807) is 11.3 Å². The van der Waals surface area contributed by atoms with Crippen molar-refractivity contribution >= 4 is 17.2 Å². The molecule has 2 aromatic rings. The highest BCUT2D eigenvalue weighted by atomic mass is 32.1. The normalized spacial score (nSPS) is 17.3. The largest absolute Gasteiger partial charge is 0.354 e. The first kappa shape index (κ1) is 18.2. The minimum Gasteiger partial charge on any atom is -0.354 e. The van der Waals surface area contributed by atoms with Gasteiger partial charge in [0.2, 0.25) is 5.91 Å². The topological polar surface area (TPSA) is 41.1 Å². The number of amides is 1. The van der Waals surface area contributed by atoms with E-state index in [1.165, 1.54) is 23.3 Å². The number of benzene rings is 1. The monoisotopic (exact) mass is 356 g/mol. The van der Waals surface area contributed by atoms with Crippen molar-refractivity contribution in [3.05, 3.63) is 58.3 Å². The summed E-state index contributed by atoms with van der Waals surface area (Å²) in [5.74, 6) is 0.161. The van der Waals surface area contributed by atoms with Crippen molar-refractivity contribution in [1.82, 2.24) is 10.6 Å². The first-order valence-corrected chi connectivity index (χ1v) is 10.2. The predicted molar refractivity (Wildman–Crippen MR) is 105 cm³/mol. The van der Waals surface area contributed by atoms with Crippen LogP contribution in [0.25, 0.3) is 0 Å².